The largest absolute Gasteiger partial charge is 0.487 e. The van der Waals surface area contributed by atoms with Gasteiger partial charge in [0.2, 0.25) is 0 Å². The van der Waals surface area contributed by atoms with Crippen molar-refractivity contribution in [3.05, 3.63) is 29.3 Å². The fourth-order valence-electron chi connectivity index (χ4n) is 3.23. The third-order valence-electron chi connectivity index (χ3n) is 4.35. The van der Waals surface area contributed by atoms with Crippen LogP contribution in [0, 0.1) is 0 Å². The van der Waals surface area contributed by atoms with Crippen molar-refractivity contribution in [1.82, 2.24) is 4.90 Å². The number of hydrogen-bond donors (Lipinski definition) is 1. The Labute approximate surface area is 115 Å². The molecule has 1 saturated heterocycles. The van der Waals surface area contributed by atoms with Gasteiger partial charge in [-0.3, -0.25) is 0 Å². The van der Waals surface area contributed by atoms with Crippen LogP contribution < -0.4 is 4.74 Å². The van der Waals surface area contributed by atoms with Crippen LogP contribution in [0.5, 0.6) is 5.75 Å². The average molecular weight is 261 g/mol. The lowest BCUT2D eigenvalue weighted by atomic mass is 9.91. The zero-order valence-electron chi connectivity index (χ0n) is 11.6. The lowest BCUT2D eigenvalue weighted by molar-refractivity contribution is -0.0186. The molecule has 19 heavy (non-hydrogen) atoms. The zero-order valence-corrected chi connectivity index (χ0v) is 11.6. The second-order valence-electron chi connectivity index (χ2n) is 5.88. The van der Waals surface area contributed by atoms with Crippen LogP contribution in [0.4, 0.5) is 0 Å². The Balaban J connectivity index is 1.76. The van der Waals surface area contributed by atoms with E-state index in [4.69, 9.17) is 4.74 Å². The highest BCUT2D eigenvalue weighted by atomic mass is 16.5. The van der Waals surface area contributed by atoms with Crippen LogP contribution in [-0.2, 0) is 12.8 Å². The highest BCUT2D eigenvalue weighted by Gasteiger charge is 2.28. The van der Waals surface area contributed by atoms with Gasteiger partial charge in [0.1, 0.15) is 18.0 Å². The number of β-amino-alcohol motifs (C(OH)–C–C–N with tert-alkyl or cyclic N) is 1. The fourth-order valence-corrected chi connectivity index (χ4v) is 3.23. The number of nitrogens with zero attached hydrogens (tertiary/aromatic N) is 1. The summed E-state index contributed by atoms with van der Waals surface area (Å²) in [4.78, 5) is 2.16. The van der Waals surface area contributed by atoms with Gasteiger partial charge in [0.25, 0.3) is 0 Å². The van der Waals surface area contributed by atoms with Gasteiger partial charge in [-0.15, -0.1) is 0 Å². The van der Waals surface area contributed by atoms with Crippen molar-refractivity contribution < 1.29 is 9.84 Å². The van der Waals surface area contributed by atoms with E-state index >= 15 is 0 Å². The number of ether oxygens (including phenoxy) is 1. The SMILES string of the molecule is CN1CC[C@@H](Oc2cccc3c2CCCC3)[C@@H](O)C1. The summed E-state index contributed by atoms with van der Waals surface area (Å²) in [5, 5.41) is 10.1. The molecule has 104 valence electrons. The first-order valence-corrected chi connectivity index (χ1v) is 7.38. The third kappa shape index (κ3) is 2.77. The van der Waals surface area contributed by atoms with E-state index in [0.29, 0.717) is 6.54 Å². The van der Waals surface area contributed by atoms with Crippen molar-refractivity contribution >= 4 is 0 Å². The van der Waals surface area contributed by atoms with Crippen LogP contribution in [-0.4, -0.2) is 42.4 Å². The standard InChI is InChI=1S/C16H23NO2/c1-17-10-9-16(14(18)11-17)19-15-8-4-6-12-5-2-3-7-13(12)15/h4,6,8,14,16,18H,2-3,5,7,9-11H2,1H3/t14-,16+/m0/s1. The summed E-state index contributed by atoms with van der Waals surface area (Å²) in [6.45, 7) is 1.70. The van der Waals surface area contributed by atoms with Gasteiger partial charge >= 0.3 is 0 Å². The molecule has 0 bridgehead atoms. The summed E-state index contributed by atoms with van der Waals surface area (Å²) in [5.41, 5.74) is 2.81. The zero-order chi connectivity index (χ0) is 13.2. The van der Waals surface area contributed by atoms with E-state index in [0.717, 1.165) is 25.1 Å². The second kappa shape index (κ2) is 5.51. The van der Waals surface area contributed by atoms with Gasteiger partial charge in [0, 0.05) is 13.1 Å². The van der Waals surface area contributed by atoms with Crippen molar-refractivity contribution in [3.8, 4) is 5.75 Å². The van der Waals surface area contributed by atoms with Gasteiger partial charge in [-0.25, -0.2) is 0 Å². The Morgan fingerprint density at radius 1 is 1.26 bits per heavy atom. The molecule has 1 aromatic rings. The molecule has 3 rings (SSSR count). The summed E-state index contributed by atoms with van der Waals surface area (Å²) < 4.78 is 6.14. The maximum Gasteiger partial charge on any atom is 0.127 e. The highest BCUT2D eigenvalue weighted by molar-refractivity contribution is 5.41. The van der Waals surface area contributed by atoms with Crippen LogP contribution >= 0.6 is 0 Å². The molecule has 1 aliphatic carbocycles. The summed E-state index contributed by atoms with van der Waals surface area (Å²) in [5.74, 6) is 1.01. The number of rotatable bonds is 2. The van der Waals surface area contributed by atoms with Gasteiger partial charge in [0.05, 0.1) is 0 Å². The molecule has 0 amide bonds. The average Bonchev–Trinajstić information content (AvgIpc) is 2.42. The number of aliphatic hydroxyl groups is 1. The molecule has 0 unspecified atom stereocenters. The summed E-state index contributed by atoms with van der Waals surface area (Å²) in [7, 11) is 2.05. The number of hydrogen-bond acceptors (Lipinski definition) is 3. The van der Waals surface area contributed by atoms with Crippen LogP contribution in [0.2, 0.25) is 0 Å². The Hall–Kier alpha value is -1.06. The molecule has 0 radical (unpaired) electrons. The van der Waals surface area contributed by atoms with E-state index in [1.54, 1.807) is 0 Å². The third-order valence-corrected chi connectivity index (χ3v) is 4.35. The highest BCUT2D eigenvalue weighted by Crippen LogP contribution is 2.31. The predicted octanol–water partition coefficient (Wildman–Crippen LogP) is 2.01. The van der Waals surface area contributed by atoms with Gasteiger partial charge < -0.3 is 14.7 Å². The number of fused-ring (bicyclic) bond motifs is 1. The number of piperidine rings is 1. The van der Waals surface area contributed by atoms with Crippen molar-refractivity contribution in [2.24, 2.45) is 0 Å². The molecular formula is C16H23NO2. The number of likely N-dealkylation sites (N-methyl/N-ethyl adjacent to an activating group) is 1. The molecule has 2 atom stereocenters. The fraction of sp³-hybridized carbons (Fsp3) is 0.625. The molecule has 0 spiro atoms. The molecule has 0 aromatic heterocycles. The smallest absolute Gasteiger partial charge is 0.127 e. The molecule has 1 N–H and O–H groups in total. The lowest BCUT2D eigenvalue weighted by Crippen LogP contribution is -2.47. The van der Waals surface area contributed by atoms with Crippen molar-refractivity contribution in [2.45, 2.75) is 44.3 Å². The first-order chi connectivity index (χ1) is 9.24. The van der Waals surface area contributed by atoms with E-state index in [1.165, 1.54) is 30.4 Å². The predicted molar refractivity (Wildman–Crippen MR) is 75.6 cm³/mol. The van der Waals surface area contributed by atoms with Crippen LogP contribution in [0.1, 0.15) is 30.4 Å². The van der Waals surface area contributed by atoms with Crippen molar-refractivity contribution in [2.75, 3.05) is 20.1 Å². The quantitative estimate of drug-likeness (QED) is 0.884. The van der Waals surface area contributed by atoms with Crippen molar-refractivity contribution in [3.63, 3.8) is 0 Å². The molecule has 2 aliphatic rings. The molecule has 1 fully saturated rings. The minimum Gasteiger partial charge on any atom is -0.487 e. The van der Waals surface area contributed by atoms with E-state index < -0.39 is 0 Å². The van der Waals surface area contributed by atoms with Gasteiger partial charge in [-0.1, -0.05) is 12.1 Å². The first-order valence-electron chi connectivity index (χ1n) is 7.38. The second-order valence-corrected chi connectivity index (χ2v) is 5.88. The monoisotopic (exact) mass is 261 g/mol. The first kappa shape index (κ1) is 12.9. The molecule has 3 heteroatoms. The molecular weight excluding hydrogens is 238 g/mol. The van der Waals surface area contributed by atoms with Gasteiger partial charge in [-0.05, 0) is 56.3 Å². The van der Waals surface area contributed by atoms with Crippen LogP contribution in [0.3, 0.4) is 0 Å². The van der Waals surface area contributed by atoms with E-state index in [-0.39, 0.29) is 12.2 Å². The number of benzene rings is 1. The minimum absolute atomic E-state index is 0.0513. The summed E-state index contributed by atoms with van der Waals surface area (Å²) in [6.07, 6.45) is 5.30. The topological polar surface area (TPSA) is 32.7 Å². The van der Waals surface area contributed by atoms with Gasteiger partial charge in [-0.2, -0.15) is 0 Å². The molecule has 1 heterocycles. The normalized spacial score (nSPS) is 27.9. The van der Waals surface area contributed by atoms with E-state index in [2.05, 4.69) is 23.1 Å². The van der Waals surface area contributed by atoms with E-state index in [1.807, 2.05) is 7.05 Å². The number of likely N-dealkylation sites (tertiary alicyclic amines) is 1. The Kier molecular flexibility index (Phi) is 3.76. The molecule has 1 aromatic carbocycles. The van der Waals surface area contributed by atoms with Crippen LogP contribution in [0.25, 0.3) is 0 Å². The molecule has 3 nitrogen and oxygen atoms in total. The summed E-state index contributed by atoms with van der Waals surface area (Å²) >= 11 is 0. The lowest BCUT2D eigenvalue weighted by Gasteiger charge is -2.34. The van der Waals surface area contributed by atoms with Crippen LogP contribution in [0.15, 0.2) is 18.2 Å². The number of aryl methyl sites for hydroxylation is 1. The summed E-state index contributed by atoms with van der Waals surface area (Å²) in [6, 6.07) is 6.36. The maximum absolute atomic E-state index is 10.1. The number of aliphatic hydroxyl groups excluding tert-OH is 1. The Morgan fingerprint density at radius 3 is 2.95 bits per heavy atom. The Bertz CT molecular complexity index is 446. The van der Waals surface area contributed by atoms with Gasteiger partial charge in [0.15, 0.2) is 0 Å². The molecule has 0 saturated carbocycles. The maximum atomic E-state index is 10.1. The molecule has 1 aliphatic heterocycles. The van der Waals surface area contributed by atoms with E-state index in [9.17, 15) is 5.11 Å². The Morgan fingerprint density at radius 2 is 2.11 bits per heavy atom. The minimum atomic E-state index is -0.377. The van der Waals surface area contributed by atoms with Crippen molar-refractivity contribution in [1.29, 1.82) is 0 Å².